The van der Waals surface area contributed by atoms with E-state index in [4.69, 9.17) is 14.2 Å². The lowest BCUT2D eigenvalue weighted by Gasteiger charge is -2.19. The van der Waals surface area contributed by atoms with E-state index in [9.17, 15) is 14.4 Å². The maximum Gasteiger partial charge on any atom is 0.359 e. The number of anilines is 1. The molecule has 0 fully saturated rings. The van der Waals surface area contributed by atoms with Gasteiger partial charge in [0.2, 0.25) is 0 Å². The average molecular weight is 423 g/mol. The maximum atomic E-state index is 12.7. The van der Waals surface area contributed by atoms with E-state index < -0.39 is 18.5 Å². The van der Waals surface area contributed by atoms with Gasteiger partial charge in [-0.1, -0.05) is 25.1 Å². The predicted molar refractivity (Wildman–Crippen MR) is 113 cm³/mol. The van der Waals surface area contributed by atoms with Gasteiger partial charge in [-0.25, -0.2) is 9.48 Å². The number of carbonyl (C=O) groups excluding carboxylic acids is 2. The molecule has 31 heavy (non-hydrogen) atoms. The van der Waals surface area contributed by atoms with Crippen molar-refractivity contribution < 1.29 is 23.8 Å². The first kappa shape index (κ1) is 20.4. The zero-order chi connectivity index (χ0) is 21.8. The van der Waals surface area contributed by atoms with Crippen LogP contribution in [0.25, 0.3) is 10.8 Å². The van der Waals surface area contributed by atoms with E-state index in [2.05, 4.69) is 10.4 Å². The number of carbonyl (C=O) groups is 2. The number of hydrogen-bond acceptors (Lipinski definition) is 7. The largest absolute Gasteiger partial charge is 0.486 e. The number of fused-ring (bicyclic) bond motifs is 2. The van der Waals surface area contributed by atoms with Crippen molar-refractivity contribution >= 4 is 28.3 Å². The topological polar surface area (TPSA) is 109 Å². The van der Waals surface area contributed by atoms with Crippen molar-refractivity contribution in [2.45, 2.75) is 19.9 Å². The molecule has 1 aliphatic rings. The second-order valence-electron chi connectivity index (χ2n) is 6.91. The molecule has 0 unspecified atom stereocenters. The average Bonchev–Trinajstić information content (AvgIpc) is 2.79. The van der Waals surface area contributed by atoms with Gasteiger partial charge in [0.15, 0.2) is 23.8 Å². The van der Waals surface area contributed by atoms with Crippen LogP contribution in [0, 0.1) is 0 Å². The van der Waals surface area contributed by atoms with Gasteiger partial charge in [-0.3, -0.25) is 9.59 Å². The molecule has 9 heteroatoms. The van der Waals surface area contributed by atoms with E-state index in [0.29, 0.717) is 54.1 Å². The number of nitrogens with zero attached hydrogens (tertiary/aromatic N) is 2. The molecule has 1 amide bonds. The van der Waals surface area contributed by atoms with Crippen LogP contribution < -0.4 is 20.3 Å². The van der Waals surface area contributed by atoms with Crippen LogP contribution in [0.15, 0.2) is 47.3 Å². The molecule has 0 spiro atoms. The fraction of sp³-hybridized carbons (Fsp3) is 0.273. The summed E-state index contributed by atoms with van der Waals surface area (Å²) in [7, 11) is 0. The van der Waals surface area contributed by atoms with Crippen LogP contribution in [0.3, 0.4) is 0 Å². The van der Waals surface area contributed by atoms with E-state index in [-0.39, 0.29) is 11.3 Å². The maximum absolute atomic E-state index is 12.7. The number of rotatable bonds is 6. The van der Waals surface area contributed by atoms with Gasteiger partial charge in [0.25, 0.3) is 11.5 Å². The molecule has 1 aromatic heterocycles. The molecule has 0 atom stereocenters. The molecule has 4 rings (SSSR count). The number of hydrogen-bond donors (Lipinski definition) is 1. The number of benzene rings is 2. The molecule has 0 radical (unpaired) electrons. The minimum atomic E-state index is -0.779. The normalized spacial score (nSPS) is 12.4. The number of aryl methyl sites for hydroxylation is 1. The number of ether oxygens (including phenoxy) is 3. The molecule has 1 aliphatic heterocycles. The van der Waals surface area contributed by atoms with E-state index in [1.54, 1.807) is 42.5 Å². The highest BCUT2D eigenvalue weighted by atomic mass is 16.6. The number of aromatic nitrogens is 2. The Kier molecular flexibility index (Phi) is 5.83. The molecule has 2 heterocycles. The third-order valence-corrected chi connectivity index (χ3v) is 4.66. The van der Waals surface area contributed by atoms with E-state index >= 15 is 0 Å². The van der Waals surface area contributed by atoms with Gasteiger partial charge in [0.05, 0.1) is 5.39 Å². The van der Waals surface area contributed by atoms with Gasteiger partial charge in [0, 0.05) is 23.7 Å². The van der Waals surface area contributed by atoms with Gasteiger partial charge >= 0.3 is 5.97 Å². The third-order valence-electron chi connectivity index (χ3n) is 4.66. The van der Waals surface area contributed by atoms with Gasteiger partial charge in [-0.05, 0) is 24.6 Å². The molecule has 3 aromatic rings. The van der Waals surface area contributed by atoms with Crippen LogP contribution in [0.5, 0.6) is 11.5 Å². The summed E-state index contributed by atoms with van der Waals surface area (Å²) in [6, 6.07) is 11.7. The van der Waals surface area contributed by atoms with Crippen LogP contribution in [-0.2, 0) is 16.1 Å². The van der Waals surface area contributed by atoms with Crippen molar-refractivity contribution in [2.24, 2.45) is 0 Å². The highest BCUT2D eigenvalue weighted by Crippen LogP contribution is 2.32. The first-order valence-electron chi connectivity index (χ1n) is 9.93. The quantitative estimate of drug-likeness (QED) is 0.606. The van der Waals surface area contributed by atoms with Crippen LogP contribution >= 0.6 is 0 Å². The molecule has 2 aromatic carbocycles. The highest BCUT2D eigenvalue weighted by Gasteiger charge is 2.19. The summed E-state index contributed by atoms with van der Waals surface area (Å²) in [5.74, 6) is -0.152. The van der Waals surface area contributed by atoms with E-state index in [1.165, 1.54) is 4.68 Å². The Hall–Kier alpha value is -3.88. The molecule has 0 saturated heterocycles. The number of nitrogens with one attached hydrogen (secondary N) is 1. The van der Waals surface area contributed by atoms with Crippen molar-refractivity contribution in [3.05, 3.63) is 58.5 Å². The molecule has 9 nitrogen and oxygen atoms in total. The summed E-state index contributed by atoms with van der Waals surface area (Å²) < 4.78 is 17.3. The zero-order valence-electron chi connectivity index (χ0n) is 16.9. The summed E-state index contributed by atoms with van der Waals surface area (Å²) in [6.45, 7) is 2.68. The van der Waals surface area contributed by atoms with Gasteiger partial charge < -0.3 is 19.5 Å². The third kappa shape index (κ3) is 4.35. The van der Waals surface area contributed by atoms with Crippen molar-refractivity contribution in [1.82, 2.24) is 9.78 Å². The van der Waals surface area contributed by atoms with Gasteiger partial charge in [-0.15, -0.1) is 0 Å². The van der Waals surface area contributed by atoms with Crippen molar-refractivity contribution in [2.75, 3.05) is 25.1 Å². The first-order chi connectivity index (χ1) is 15.1. The minimum absolute atomic E-state index is 0.00391. The van der Waals surface area contributed by atoms with Crippen LogP contribution in [0.2, 0.25) is 0 Å². The lowest BCUT2D eigenvalue weighted by molar-refractivity contribution is -0.119. The second-order valence-corrected chi connectivity index (χ2v) is 6.91. The Morgan fingerprint density at radius 1 is 1.10 bits per heavy atom. The Balaban J connectivity index is 1.47. The number of esters is 1. The minimum Gasteiger partial charge on any atom is -0.486 e. The summed E-state index contributed by atoms with van der Waals surface area (Å²) in [5, 5.41) is 7.58. The molecule has 0 aliphatic carbocycles. The first-order valence-corrected chi connectivity index (χ1v) is 9.93. The van der Waals surface area contributed by atoms with Crippen LogP contribution in [-0.4, -0.2) is 41.5 Å². The molecular formula is C22H21N3O6. The molecule has 160 valence electrons. The zero-order valence-corrected chi connectivity index (χ0v) is 16.9. The molecular weight excluding hydrogens is 402 g/mol. The Morgan fingerprint density at radius 3 is 2.61 bits per heavy atom. The second kappa shape index (κ2) is 8.86. The fourth-order valence-electron chi connectivity index (χ4n) is 3.27. The molecule has 0 bridgehead atoms. The van der Waals surface area contributed by atoms with E-state index in [0.717, 1.165) is 0 Å². The monoisotopic (exact) mass is 423 g/mol. The predicted octanol–water partition coefficient (Wildman–Crippen LogP) is 2.37. The van der Waals surface area contributed by atoms with Gasteiger partial charge in [-0.2, -0.15) is 5.10 Å². The van der Waals surface area contributed by atoms with Crippen molar-refractivity contribution in [3.8, 4) is 11.5 Å². The summed E-state index contributed by atoms with van der Waals surface area (Å²) in [4.78, 5) is 37.5. The summed E-state index contributed by atoms with van der Waals surface area (Å²) in [5.41, 5.74) is 0.214. The Bertz CT molecular complexity index is 1200. The van der Waals surface area contributed by atoms with Crippen LogP contribution in [0.1, 0.15) is 23.8 Å². The Morgan fingerprint density at radius 2 is 1.84 bits per heavy atom. The summed E-state index contributed by atoms with van der Waals surface area (Å²) in [6.07, 6.45) is 0.678. The van der Waals surface area contributed by atoms with E-state index in [1.807, 2.05) is 6.92 Å². The van der Waals surface area contributed by atoms with Crippen molar-refractivity contribution in [1.29, 1.82) is 0 Å². The Labute approximate surface area is 177 Å². The number of amides is 1. The SMILES string of the molecule is CCCn1nc(C(=O)OCC(=O)Nc2ccc3c(c2)OCCO3)c2ccccc2c1=O. The van der Waals surface area contributed by atoms with Crippen LogP contribution in [0.4, 0.5) is 5.69 Å². The smallest absolute Gasteiger partial charge is 0.359 e. The standard InChI is InChI=1S/C22H21N3O6/c1-2-9-25-21(27)16-6-4-3-5-15(16)20(24-25)22(28)31-13-19(26)23-14-7-8-17-18(12-14)30-11-10-29-17/h3-8,12H,2,9-11,13H2,1H3,(H,23,26). The molecule has 1 N–H and O–H groups in total. The molecule has 0 saturated carbocycles. The lowest BCUT2D eigenvalue weighted by atomic mass is 10.1. The lowest BCUT2D eigenvalue weighted by Crippen LogP contribution is -2.27. The summed E-state index contributed by atoms with van der Waals surface area (Å²) >= 11 is 0. The highest BCUT2D eigenvalue weighted by molar-refractivity contribution is 6.03. The van der Waals surface area contributed by atoms with Gasteiger partial charge in [0.1, 0.15) is 13.2 Å². The van der Waals surface area contributed by atoms with Crippen molar-refractivity contribution in [3.63, 3.8) is 0 Å². The fourth-order valence-corrected chi connectivity index (χ4v) is 3.27.